The van der Waals surface area contributed by atoms with Crippen molar-refractivity contribution in [3.05, 3.63) is 60.3 Å². The number of nitrogens with two attached hydrogens (primary N) is 1. The van der Waals surface area contributed by atoms with E-state index in [4.69, 9.17) is 15.2 Å². The highest BCUT2D eigenvalue weighted by Gasteiger charge is 2.14. The molecule has 2 heterocycles. The highest BCUT2D eigenvalue weighted by atomic mass is 16.5. The fourth-order valence-electron chi connectivity index (χ4n) is 3.49. The molecule has 1 saturated heterocycles. The molecule has 2 aromatic carbocycles. The maximum Gasteiger partial charge on any atom is 0.251 e. The van der Waals surface area contributed by atoms with Crippen LogP contribution in [0.4, 0.5) is 5.82 Å². The van der Waals surface area contributed by atoms with E-state index in [1.165, 1.54) is 0 Å². The van der Waals surface area contributed by atoms with E-state index in [0.717, 1.165) is 42.5 Å². The third-order valence-electron chi connectivity index (χ3n) is 5.13. The molecule has 0 saturated carbocycles. The van der Waals surface area contributed by atoms with Gasteiger partial charge in [0.05, 0.1) is 6.54 Å². The number of aromatic nitrogens is 1. The first kappa shape index (κ1) is 20.0. The fourth-order valence-corrected chi connectivity index (χ4v) is 3.49. The molecule has 3 aromatic rings. The smallest absolute Gasteiger partial charge is 0.251 e. The molecule has 1 aliphatic rings. The topological polar surface area (TPSA) is 98.5 Å². The van der Waals surface area contributed by atoms with E-state index in [1.54, 1.807) is 18.3 Å². The Balaban J connectivity index is 1.24. The summed E-state index contributed by atoms with van der Waals surface area (Å²) in [5.74, 6) is 1.82. The second-order valence-corrected chi connectivity index (χ2v) is 7.28. The number of nitrogens with one attached hydrogen (secondary N) is 2. The summed E-state index contributed by atoms with van der Waals surface area (Å²) in [5, 5.41) is 8.05. The van der Waals surface area contributed by atoms with Gasteiger partial charge in [-0.1, -0.05) is 6.07 Å². The standard InChI is InChI=1S/C23H26N4O3/c24-22-21-15-20(6-1-16(21)7-12-26-22)29-14-13-27-23(28)17-2-4-18(5-3-17)30-19-8-10-25-11-9-19/h1-7,12,15,19,25H,8-11,13-14H2,(H2,24,26)(H,27,28). The lowest BCUT2D eigenvalue weighted by atomic mass is 10.1. The Kier molecular flexibility index (Phi) is 6.29. The molecule has 1 amide bonds. The number of nitrogen functional groups attached to an aromatic ring is 1. The average Bonchev–Trinajstić information content (AvgIpc) is 2.78. The Bertz CT molecular complexity index is 1000. The molecular weight excluding hydrogens is 380 g/mol. The van der Waals surface area contributed by atoms with Crippen LogP contribution in [-0.2, 0) is 0 Å². The van der Waals surface area contributed by atoms with Crippen LogP contribution in [-0.4, -0.2) is 43.2 Å². The number of carbonyl (C=O) groups is 1. The third-order valence-corrected chi connectivity index (χ3v) is 5.13. The summed E-state index contributed by atoms with van der Waals surface area (Å²) in [6.45, 7) is 2.72. The quantitative estimate of drug-likeness (QED) is 0.522. The maximum absolute atomic E-state index is 12.3. The van der Waals surface area contributed by atoms with E-state index in [2.05, 4.69) is 15.6 Å². The van der Waals surface area contributed by atoms with Crippen LogP contribution in [0, 0.1) is 0 Å². The summed E-state index contributed by atoms with van der Waals surface area (Å²) in [5.41, 5.74) is 6.51. The number of benzene rings is 2. The molecule has 0 spiro atoms. The minimum atomic E-state index is -0.140. The summed E-state index contributed by atoms with van der Waals surface area (Å²) in [7, 11) is 0. The van der Waals surface area contributed by atoms with Gasteiger partial charge in [-0.05, 0) is 73.8 Å². The fraction of sp³-hybridized carbons (Fsp3) is 0.304. The van der Waals surface area contributed by atoms with Crippen LogP contribution in [0.15, 0.2) is 54.7 Å². The van der Waals surface area contributed by atoms with Gasteiger partial charge in [-0.3, -0.25) is 4.79 Å². The summed E-state index contributed by atoms with van der Waals surface area (Å²) in [4.78, 5) is 16.4. The van der Waals surface area contributed by atoms with Crippen molar-refractivity contribution in [3.8, 4) is 11.5 Å². The maximum atomic E-state index is 12.3. The van der Waals surface area contributed by atoms with Gasteiger partial charge in [0.25, 0.3) is 5.91 Å². The number of carbonyl (C=O) groups excluding carboxylic acids is 1. The summed E-state index contributed by atoms with van der Waals surface area (Å²) >= 11 is 0. The number of nitrogens with zero attached hydrogens (tertiary/aromatic N) is 1. The van der Waals surface area contributed by atoms with Crippen molar-refractivity contribution in [2.24, 2.45) is 0 Å². The van der Waals surface area contributed by atoms with Crippen molar-refractivity contribution in [2.75, 3.05) is 32.0 Å². The number of ether oxygens (including phenoxy) is 2. The predicted octanol–water partition coefficient (Wildman–Crippen LogP) is 2.76. The molecule has 4 N–H and O–H groups in total. The Morgan fingerprint density at radius 3 is 2.67 bits per heavy atom. The van der Waals surface area contributed by atoms with E-state index < -0.39 is 0 Å². The molecule has 1 aromatic heterocycles. The molecule has 0 radical (unpaired) electrons. The van der Waals surface area contributed by atoms with Gasteiger partial charge in [-0.25, -0.2) is 4.98 Å². The van der Waals surface area contributed by atoms with E-state index in [0.29, 0.717) is 30.3 Å². The lowest BCUT2D eigenvalue weighted by Crippen LogP contribution is -2.34. The van der Waals surface area contributed by atoms with Gasteiger partial charge in [0.2, 0.25) is 0 Å². The molecule has 1 aliphatic heterocycles. The Labute approximate surface area is 175 Å². The zero-order valence-corrected chi connectivity index (χ0v) is 16.8. The van der Waals surface area contributed by atoms with Crippen LogP contribution in [0.1, 0.15) is 23.2 Å². The number of piperidine rings is 1. The summed E-state index contributed by atoms with van der Waals surface area (Å²) in [6.07, 6.45) is 3.93. The van der Waals surface area contributed by atoms with Gasteiger partial charge in [0, 0.05) is 17.1 Å². The van der Waals surface area contributed by atoms with Crippen molar-refractivity contribution < 1.29 is 14.3 Å². The van der Waals surface area contributed by atoms with Gasteiger partial charge in [0.1, 0.15) is 30.0 Å². The lowest BCUT2D eigenvalue weighted by molar-refractivity contribution is 0.0947. The van der Waals surface area contributed by atoms with Crippen molar-refractivity contribution in [1.82, 2.24) is 15.6 Å². The zero-order chi connectivity index (χ0) is 20.8. The van der Waals surface area contributed by atoms with Crippen molar-refractivity contribution in [2.45, 2.75) is 18.9 Å². The zero-order valence-electron chi connectivity index (χ0n) is 16.8. The van der Waals surface area contributed by atoms with Crippen molar-refractivity contribution in [1.29, 1.82) is 0 Å². The average molecular weight is 406 g/mol. The first-order valence-corrected chi connectivity index (χ1v) is 10.2. The number of hydrogen-bond donors (Lipinski definition) is 3. The van der Waals surface area contributed by atoms with Crippen LogP contribution in [0.25, 0.3) is 10.8 Å². The molecule has 4 rings (SSSR count). The van der Waals surface area contributed by atoms with E-state index in [-0.39, 0.29) is 12.0 Å². The van der Waals surface area contributed by atoms with Crippen molar-refractivity contribution in [3.63, 3.8) is 0 Å². The van der Waals surface area contributed by atoms with Gasteiger partial charge in [-0.15, -0.1) is 0 Å². The van der Waals surface area contributed by atoms with Crippen LogP contribution in [0.3, 0.4) is 0 Å². The van der Waals surface area contributed by atoms with Gasteiger partial charge >= 0.3 is 0 Å². The molecule has 7 nitrogen and oxygen atoms in total. The molecule has 30 heavy (non-hydrogen) atoms. The third kappa shape index (κ3) is 4.99. The van der Waals surface area contributed by atoms with Gasteiger partial charge < -0.3 is 25.8 Å². The molecule has 0 bridgehead atoms. The number of anilines is 1. The van der Waals surface area contributed by atoms with E-state index >= 15 is 0 Å². The van der Waals surface area contributed by atoms with Crippen LogP contribution >= 0.6 is 0 Å². The minimum Gasteiger partial charge on any atom is -0.492 e. The summed E-state index contributed by atoms with van der Waals surface area (Å²) < 4.78 is 11.7. The summed E-state index contributed by atoms with van der Waals surface area (Å²) in [6, 6.07) is 14.8. The Morgan fingerprint density at radius 1 is 1.10 bits per heavy atom. The van der Waals surface area contributed by atoms with Crippen LogP contribution < -0.4 is 25.8 Å². The van der Waals surface area contributed by atoms with E-state index in [1.807, 2.05) is 36.4 Å². The monoisotopic (exact) mass is 406 g/mol. The van der Waals surface area contributed by atoms with Gasteiger partial charge in [-0.2, -0.15) is 0 Å². The molecule has 7 heteroatoms. The number of pyridine rings is 1. The molecule has 0 unspecified atom stereocenters. The molecule has 0 atom stereocenters. The second kappa shape index (κ2) is 9.45. The molecule has 156 valence electrons. The first-order valence-electron chi connectivity index (χ1n) is 10.2. The highest BCUT2D eigenvalue weighted by Crippen LogP contribution is 2.24. The largest absolute Gasteiger partial charge is 0.492 e. The van der Waals surface area contributed by atoms with E-state index in [9.17, 15) is 4.79 Å². The van der Waals surface area contributed by atoms with Crippen LogP contribution in [0.2, 0.25) is 0 Å². The highest BCUT2D eigenvalue weighted by molar-refractivity contribution is 5.94. The number of fused-ring (bicyclic) bond motifs is 1. The normalized spacial score (nSPS) is 14.4. The second-order valence-electron chi connectivity index (χ2n) is 7.28. The Morgan fingerprint density at radius 2 is 1.87 bits per heavy atom. The van der Waals surface area contributed by atoms with Gasteiger partial charge in [0.15, 0.2) is 0 Å². The minimum absolute atomic E-state index is 0.140. The number of amides is 1. The number of rotatable bonds is 7. The number of hydrogen-bond acceptors (Lipinski definition) is 6. The molecular formula is C23H26N4O3. The lowest BCUT2D eigenvalue weighted by Gasteiger charge is -2.23. The molecule has 0 aliphatic carbocycles. The van der Waals surface area contributed by atoms with Crippen LogP contribution in [0.5, 0.6) is 11.5 Å². The first-order chi connectivity index (χ1) is 14.7. The Hall–Kier alpha value is -3.32. The SMILES string of the molecule is Nc1nccc2ccc(OCCNC(=O)c3ccc(OC4CCNCC4)cc3)cc12. The molecule has 1 fully saturated rings. The predicted molar refractivity (Wildman–Crippen MR) is 117 cm³/mol. The van der Waals surface area contributed by atoms with Crippen molar-refractivity contribution >= 4 is 22.5 Å².